The fourth-order valence-corrected chi connectivity index (χ4v) is 3.85. The van der Waals surface area contributed by atoms with Crippen LogP contribution in [0, 0.1) is 23.5 Å². The molecule has 2 fully saturated rings. The van der Waals surface area contributed by atoms with Gasteiger partial charge in [-0.3, -0.25) is 4.79 Å². The molecule has 8 heteroatoms. The van der Waals surface area contributed by atoms with E-state index in [0.29, 0.717) is 24.9 Å². The number of likely N-dealkylation sites (tertiary alicyclic amines) is 1. The number of nitrogens with zero attached hydrogens (tertiary/aromatic N) is 3. The Morgan fingerprint density at radius 1 is 1.08 bits per heavy atom. The number of nitrogens with one attached hydrogen (secondary N) is 1. The van der Waals surface area contributed by atoms with Crippen molar-refractivity contribution >= 4 is 18.3 Å². The maximum absolute atomic E-state index is 13.9. The van der Waals surface area contributed by atoms with Gasteiger partial charge in [0.05, 0.1) is 0 Å². The van der Waals surface area contributed by atoms with Crippen molar-refractivity contribution in [3.05, 3.63) is 47.8 Å². The Morgan fingerprint density at radius 2 is 1.69 bits per heavy atom. The first-order chi connectivity index (χ1) is 12.1. The lowest BCUT2D eigenvalue weighted by Crippen LogP contribution is -2.33. The predicted molar refractivity (Wildman–Crippen MR) is 95.7 cm³/mol. The number of benzene rings is 1. The molecule has 1 aromatic heterocycles. The molecule has 2 saturated heterocycles. The largest absolute Gasteiger partial charge is 0.337 e. The third-order valence-electron chi connectivity index (χ3n) is 5.28. The molecule has 0 unspecified atom stereocenters. The minimum atomic E-state index is -0.711. The van der Waals surface area contributed by atoms with Crippen LogP contribution in [0.15, 0.2) is 30.5 Å². The highest BCUT2D eigenvalue weighted by Gasteiger charge is 2.32. The Morgan fingerprint density at radius 3 is 2.31 bits per heavy atom. The number of carbonyl (C=O) groups is 1. The van der Waals surface area contributed by atoms with Crippen molar-refractivity contribution in [3.8, 4) is 5.69 Å². The molecular weight excluding hydrogens is 362 g/mol. The van der Waals surface area contributed by atoms with E-state index in [2.05, 4.69) is 10.4 Å². The number of halogens is 3. The number of aromatic nitrogens is 2. The summed E-state index contributed by atoms with van der Waals surface area (Å²) in [5.41, 5.74) is -0.0501. The van der Waals surface area contributed by atoms with Crippen molar-refractivity contribution in [1.82, 2.24) is 20.0 Å². The molecule has 5 nitrogen and oxygen atoms in total. The maximum atomic E-state index is 13.9. The first-order valence-electron chi connectivity index (χ1n) is 8.63. The highest BCUT2D eigenvalue weighted by atomic mass is 35.5. The summed E-state index contributed by atoms with van der Waals surface area (Å²) in [5.74, 6) is -0.344. The van der Waals surface area contributed by atoms with Gasteiger partial charge in [-0.2, -0.15) is 5.10 Å². The van der Waals surface area contributed by atoms with Crippen molar-refractivity contribution < 1.29 is 13.6 Å². The fourth-order valence-electron chi connectivity index (χ4n) is 3.85. The minimum absolute atomic E-state index is 0. The zero-order valence-electron chi connectivity index (χ0n) is 14.2. The zero-order chi connectivity index (χ0) is 17.4. The fraction of sp³-hybridized carbons (Fsp3) is 0.444. The third kappa shape index (κ3) is 3.46. The molecule has 0 radical (unpaired) electrons. The van der Waals surface area contributed by atoms with Crippen molar-refractivity contribution in [3.63, 3.8) is 0 Å². The highest BCUT2D eigenvalue weighted by Crippen LogP contribution is 2.27. The molecule has 0 aliphatic carbocycles. The smallest absolute Gasteiger partial charge is 0.274 e. The number of para-hydroxylation sites is 1. The molecule has 26 heavy (non-hydrogen) atoms. The van der Waals surface area contributed by atoms with Crippen LogP contribution in [0.1, 0.15) is 23.3 Å². The Balaban J connectivity index is 0.00000196. The van der Waals surface area contributed by atoms with Gasteiger partial charge in [0, 0.05) is 19.3 Å². The molecule has 2 aromatic rings. The van der Waals surface area contributed by atoms with Crippen LogP contribution in [-0.2, 0) is 0 Å². The summed E-state index contributed by atoms with van der Waals surface area (Å²) in [7, 11) is 0. The van der Waals surface area contributed by atoms with E-state index in [9.17, 15) is 13.6 Å². The Bertz CT molecular complexity index is 763. The van der Waals surface area contributed by atoms with E-state index in [1.807, 2.05) is 4.90 Å². The van der Waals surface area contributed by atoms with E-state index in [1.165, 1.54) is 30.5 Å². The molecule has 2 aliphatic heterocycles. The van der Waals surface area contributed by atoms with Gasteiger partial charge in [0.25, 0.3) is 5.91 Å². The van der Waals surface area contributed by atoms with Gasteiger partial charge in [-0.15, -0.1) is 12.4 Å². The van der Waals surface area contributed by atoms with Crippen molar-refractivity contribution in [2.45, 2.75) is 12.8 Å². The van der Waals surface area contributed by atoms with Crippen LogP contribution in [0.4, 0.5) is 8.78 Å². The number of hydrogen-bond acceptors (Lipinski definition) is 3. The van der Waals surface area contributed by atoms with Crippen LogP contribution in [0.3, 0.4) is 0 Å². The molecule has 1 N–H and O–H groups in total. The maximum Gasteiger partial charge on any atom is 0.274 e. The quantitative estimate of drug-likeness (QED) is 0.868. The molecule has 2 aliphatic rings. The molecule has 0 bridgehead atoms. The van der Waals surface area contributed by atoms with Crippen LogP contribution in [0.25, 0.3) is 5.69 Å². The first kappa shape index (κ1) is 18.8. The van der Waals surface area contributed by atoms with E-state index in [-0.39, 0.29) is 29.7 Å². The normalized spacial score (nSPS) is 22.5. The molecule has 0 spiro atoms. The number of carbonyl (C=O) groups excluding carboxylic acids is 1. The minimum Gasteiger partial charge on any atom is -0.337 e. The molecule has 2 atom stereocenters. The van der Waals surface area contributed by atoms with Crippen LogP contribution >= 0.6 is 12.4 Å². The van der Waals surface area contributed by atoms with Gasteiger partial charge in [-0.25, -0.2) is 13.5 Å². The SMILES string of the molecule is Cl.O=C(c1ccn(-c2c(F)cccc2F)n1)N1CC[C@@H]2CNC[C@@H]2CC1. The molecular formula is C18H21ClF2N4O. The lowest BCUT2D eigenvalue weighted by molar-refractivity contribution is 0.0752. The van der Waals surface area contributed by atoms with Gasteiger partial charge in [0.15, 0.2) is 17.3 Å². The van der Waals surface area contributed by atoms with E-state index in [4.69, 9.17) is 0 Å². The molecule has 140 valence electrons. The second-order valence-corrected chi connectivity index (χ2v) is 6.76. The van der Waals surface area contributed by atoms with E-state index < -0.39 is 11.6 Å². The average Bonchev–Trinajstić information content (AvgIpc) is 3.20. The Hall–Kier alpha value is -1.99. The van der Waals surface area contributed by atoms with Crippen molar-refractivity contribution in [1.29, 1.82) is 0 Å². The molecule has 0 saturated carbocycles. The molecule has 1 aromatic carbocycles. The lowest BCUT2D eigenvalue weighted by Gasteiger charge is -2.19. The predicted octanol–water partition coefficient (Wildman–Crippen LogP) is 2.64. The monoisotopic (exact) mass is 382 g/mol. The lowest BCUT2D eigenvalue weighted by atomic mass is 9.92. The summed E-state index contributed by atoms with van der Waals surface area (Å²) in [4.78, 5) is 14.5. The number of rotatable bonds is 2. The summed E-state index contributed by atoms with van der Waals surface area (Å²) < 4.78 is 28.9. The first-order valence-corrected chi connectivity index (χ1v) is 8.63. The summed E-state index contributed by atoms with van der Waals surface area (Å²) in [6.45, 7) is 3.44. The standard InChI is InChI=1S/C18H20F2N4O.ClH/c19-14-2-1-3-15(20)17(14)24-9-6-16(22-24)18(25)23-7-4-12-10-21-11-13(12)5-8-23;/h1-3,6,9,12-13,21H,4-5,7-8,10-11H2;1H/t12-,13+;. The van der Waals surface area contributed by atoms with Crippen LogP contribution < -0.4 is 5.32 Å². The van der Waals surface area contributed by atoms with Gasteiger partial charge in [-0.1, -0.05) is 6.07 Å². The Labute approximate surface area is 156 Å². The number of fused-ring (bicyclic) bond motifs is 1. The topological polar surface area (TPSA) is 50.2 Å². The van der Waals surface area contributed by atoms with Crippen LogP contribution in [-0.4, -0.2) is 46.8 Å². The summed E-state index contributed by atoms with van der Waals surface area (Å²) in [5, 5.41) is 7.52. The van der Waals surface area contributed by atoms with E-state index in [0.717, 1.165) is 30.6 Å². The Kier molecular flexibility index (Phi) is 5.58. The zero-order valence-corrected chi connectivity index (χ0v) is 15.0. The second-order valence-electron chi connectivity index (χ2n) is 6.76. The summed E-state index contributed by atoms with van der Waals surface area (Å²) in [6.07, 6.45) is 3.38. The van der Waals surface area contributed by atoms with Gasteiger partial charge in [0.1, 0.15) is 5.69 Å². The molecule has 1 amide bonds. The number of amides is 1. The van der Waals surface area contributed by atoms with E-state index in [1.54, 1.807) is 0 Å². The summed E-state index contributed by atoms with van der Waals surface area (Å²) >= 11 is 0. The van der Waals surface area contributed by atoms with E-state index >= 15 is 0 Å². The van der Waals surface area contributed by atoms with Gasteiger partial charge in [0.2, 0.25) is 0 Å². The highest BCUT2D eigenvalue weighted by molar-refractivity contribution is 5.92. The van der Waals surface area contributed by atoms with Gasteiger partial charge < -0.3 is 10.2 Å². The second kappa shape index (κ2) is 7.72. The molecule has 3 heterocycles. The average molecular weight is 383 g/mol. The number of hydrogen-bond donors (Lipinski definition) is 1. The third-order valence-corrected chi connectivity index (χ3v) is 5.28. The summed E-state index contributed by atoms with van der Waals surface area (Å²) in [6, 6.07) is 5.15. The van der Waals surface area contributed by atoms with Gasteiger partial charge >= 0.3 is 0 Å². The van der Waals surface area contributed by atoms with Crippen molar-refractivity contribution in [2.75, 3.05) is 26.2 Å². The van der Waals surface area contributed by atoms with Gasteiger partial charge in [-0.05, 0) is 56.0 Å². The van der Waals surface area contributed by atoms with Crippen molar-refractivity contribution in [2.24, 2.45) is 11.8 Å². The molecule has 4 rings (SSSR count). The van der Waals surface area contributed by atoms with Crippen LogP contribution in [0.5, 0.6) is 0 Å². The van der Waals surface area contributed by atoms with Crippen LogP contribution in [0.2, 0.25) is 0 Å².